The van der Waals surface area contributed by atoms with Gasteiger partial charge in [0.25, 0.3) is 0 Å². The standard InChI is InChI=1S/C16H15BrN2OS/c1-2-16(11-18,13-4-3-9-19-10-13)12-20-14-5-7-15(21-17)8-6-14/h3-10H,2,12H2,1H3. The molecule has 0 aliphatic rings. The summed E-state index contributed by atoms with van der Waals surface area (Å²) in [6, 6.07) is 13.9. The molecule has 2 rings (SSSR count). The summed E-state index contributed by atoms with van der Waals surface area (Å²) in [6.07, 6.45) is 4.12. The molecule has 5 heteroatoms. The molecular weight excluding hydrogens is 348 g/mol. The summed E-state index contributed by atoms with van der Waals surface area (Å²) in [5.74, 6) is 0.761. The predicted molar refractivity (Wildman–Crippen MR) is 88.5 cm³/mol. The van der Waals surface area contributed by atoms with Crippen LogP contribution in [0, 0.1) is 11.3 Å². The maximum atomic E-state index is 9.62. The second-order valence-electron chi connectivity index (χ2n) is 4.63. The fourth-order valence-electron chi connectivity index (χ4n) is 2.01. The second-order valence-corrected chi connectivity index (χ2v) is 6.22. The Morgan fingerprint density at radius 1 is 1.33 bits per heavy atom. The van der Waals surface area contributed by atoms with Crippen molar-refractivity contribution in [1.29, 1.82) is 5.26 Å². The van der Waals surface area contributed by atoms with Gasteiger partial charge in [-0.1, -0.05) is 13.0 Å². The minimum absolute atomic E-state index is 0.312. The zero-order valence-electron chi connectivity index (χ0n) is 11.6. The van der Waals surface area contributed by atoms with Crippen LogP contribution in [0.15, 0.2) is 53.7 Å². The van der Waals surface area contributed by atoms with Gasteiger partial charge in [-0.3, -0.25) is 4.98 Å². The van der Waals surface area contributed by atoms with Gasteiger partial charge >= 0.3 is 0 Å². The molecule has 0 bridgehead atoms. The first-order valence-corrected chi connectivity index (χ1v) is 9.23. The molecule has 108 valence electrons. The molecule has 2 aromatic rings. The number of pyridine rings is 1. The average Bonchev–Trinajstić information content (AvgIpc) is 2.58. The van der Waals surface area contributed by atoms with E-state index in [0.29, 0.717) is 13.0 Å². The number of rotatable bonds is 6. The molecule has 1 heterocycles. The Morgan fingerprint density at radius 2 is 2.10 bits per heavy atom. The Hall–Kier alpha value is -1.51. The van der Waals surface area contributed by atoms with Crippen LogP contribution in [0.1, 0.15) is 18.9 Å². The summed E-state index contributed by atoms with van der Waals surface area (Å²) in [7, 11) is 1.50. The molecule has 0 spiro atoms. The molecule has 1 atom stereocenters. The first-order valence-electron chi connectivity index (χ1n) is 6.57. The number of aromatic nitrogens is 1. The Morgan fingerprint density at radius 3 is 2.62 bits per heavy atom. The largest absolute Gasteiger partial charge is 0.492 e. The van der Waals surface area contributed by atoms with Crippen LogP contribution in [0.25, 0.3) is 0 Å². The highest BCUT2D eigenvalue weighted by atomic mass is 79.9. The molecular formula is C16H15BrN2OS. The van der Waals surface area contributed by atoms with E-state index in [2.05, 4.69) is 25.9 Å². The third-order valence-electron chi connectivity index (χ3n) is 3.43. The van der Waals surface area contributed by atoms with Crippen molar-refractivity contribution in [2.24, 2.45) is 0 Å². The lowest BCUT2D eigenvalue weighted by molar-refractivity contribution is 0.247. The number of benzene rings is 1. The predicted octanol–water partition coefficient (Wildman–Crippen LogP) is 4.73. The molecule has 0 aliphatic carbocycles. The highest BCUT2D eigenvalue weighted by molar-refractivity contribution is 9.50. The maximum absolute atomic E-state index is 9.62. The van der Waals surface area contributed by atoms with Gasteiger partial charge in [0.2, 0.25) is 0 Å². The minimum atomic E-state index is -0.670. The number of ether oxygens (including phenoxy) is 1. The lowest BCUT2D eigenvalue weighted by atomic mass is 9.81. The normalized spacial score (nSPS) is 13.2. The highest BCUT2D eigenvalue weighted by Gasteiger charge is 2.31. The molecule has 0 aliphatic heterocycles. The van der Waals surface area contributed by atoms with Crippen LogP contribution in [-0.4, -0.2) is 11.6 Å². The molecule has 1 aromatic carbocycles. The number of nitrogens with zero attached hydrogens (tertiary/aromatic N) is 2. The fraction of sp³-hybridized carbons (Fsp3) is 0.250. The quantitative estimate of drug-likeness (QED) is 0.744. The first kappa shape index (κ1) is 15.9. The molecule has 1 aromatic heterocycles. The van der Waals surface area contributed by atoms with Crippen molar-refractivity contribution >= 4 is 25.0 Å². The zero-order valence-corrected chi connectivity index (χ0v) is 14.0. The van der Waals surface area contributed by atoms with Crippen LogP contribution >= 0.6 is 25.0 Å². The summed E-state index contributed by atoms with van der Waals surface area (Å²) in [4.78, 5) is 5.22. The summed E-state index contributed by atoms with van der Waals surface area (Å²) in [6.45, 7) is 2.30. The third kappa shape index (κ3) is 3.78. The first-order chi connectivity index (χ1) is 10.2. The van der Waals surface area contributed by atoms with E-state index in [1.807, 2.05) is 43.3 Å². The molecule has 0 N–H and O–H groups in total. The number of halogens is 1. The third-order valence-corrected chi connectivity index (χ3v) is 5.00. The lowest BCUT2D eigenvalue weighted by Crippen LogP contribution is -2.31. The van der Waals surface area contributed by atoms with E-state index < -0.39 is 5.41 Å². The van der Waals surface area contributed by atoms with E-state index >= 15 is 0 Å². The van der Waals surface area contributed by atoms with Gasteiger partial charge in [0, 0.05) is 17.3 Å². The van der Waals surface area contributed by atoms with Gasteiger partial charge in [0.15, 0.2) is 0 Å². The molecule has 0 fully saturated rings. The van der Waals surface area contributed by atoms with Crippen LogP contribution in [0.3, 0.4) is 0 Å². The van der Waals surface area contributed by atoms with Gasteiger partial charge in [-0.2, -0.15) is 5.26 Å². The van der Waals surface area contributed by atoms with E-state index in [9.17, 15) is 5.26 Å². The van der Waals surface area contributed by atoms with Crippen LogP contribution in [-0.2, 0) is 5.41 Å². The van der Waals surface area contributed by atoms with Crippen molar-refractivity contribution in [1.82, 2.24) is 4.98 Å². The van der Waals surface area contributed by atoms with Crippen molar-refractivity contribution in [3.05, 3.63) is 54.4 Å². The van der Waals surface area contributed by atoms with Crippen molar-refractivity contribution in [2.75, 3.05) is 6.61 Å². The summed E-state index contributed by atoms with van der Waals surface area (Å²) in [5, 5.41) is 9.62. The Kier molecular flexibility index (Phi) is 5.66. The van der Waals surface area contributed by atoms with Crippen molar-refractivity contribution in [2.45, 2.75) is 23.7 Å². The summed E-state index contributed by atoms with van der Waals surface area (Å²) >= 11 is 3.33. The Bertz CT molecular complexity index is 612. The maximum Gasteiger partial charge on any atom is 0.119 e. The molecule has 21 heavy (non-hydrogen) atoms. The smallest absolute Gasteiger partial charge is 0.119 e. The van der Waals surface area contributed by atoms with Crippen molar-refractivity contribution in [3.63, 3.8) is 0 Å². The molecule has 0 saturated carbocycles. The lowest BCUT2D eigenvalue weighted by Gasteiger charge is -2.25. The average molecular weight is 363 g/mol. The van der Waals surface area contributed by atoms with Gasteiger partial charge in [-0.05, 0) is 67.3 Å². The number of hydrogen-bond acceptors (Lipinski definition) is 4. The van der Waals surface area contributed by atoms with Crippen LogP contribution in [0.2, 0.25) is 0 Å². The second kappa shape index (κ2) is 7.48. The molecule has 0 radical (unpaired) electrons. The molecule has 0 amide bonds. The SMILES string of the molecule is CCC(C#N)(COc1ccc(SBr)cc1)c1cccnc1. The molecule has 3 nitrogen and oxygen atoms in total. The van der Waals surface area contributed by atoms with Crippen LogP contribution < -0.4 is 4.74 Å². The minimum Gasteiger partial charge on any atom is -0.492 e. The summed E-state index contributed by atoms with van der Waals surface area (Å²) < 4.78 is 5.83. The number of nitriles is 1. The van der Waals surface area contributed by atoms with E-state index in [1.54, 1.807) is 12.4 Å². The number of hydrogen-bond donors (Lipinski definition) is 0. The van der Waals surface area contributed by atoms with Gasteiger partial charge in [-0.15, -0.1) is 0 Å². The van der Waals surface area contributed by atoms with E-state index in [4.69, 9.17) is 4.74 Å². The van der Waals surface area contributed by atoms with E-state index in [1.165, 1.54) is 10.2 Å². The van der Waals surface area contributed by atoms with Crippen molar-refractivity contribution < 1.29 is 4.74 Å². The Labute approximate surface area is 136 Å². The van der Waals surface area contributed by atoms with E-state index in [0.717, 1.165) is 16.2 Å². The highest BCUT2D eigenvalue weighted by Crippen LogP contribution is 2.29. The Balaban J connectivity index is 2.15. The molecule has 1 unspecified atom stereocenters. The topological polar surface area (TPSA) is 45.9 Å². The van der Waals surface area contributed by atoms with Crippen molar-refractivity contribution in [3.8, 4) is 11.8 Å². The monoisotopic (exact) mass is 362 g/mol. The molecule has 0 saturated heterocycles. The van der Waals surface area contributed by atoms with Gasteiger partial charge in [-0.25, -0.2) is 0 Å². The zero-order chi connectivity index (χ0) is 15.1. The van der Waals surface area contributed by atoms with Crippen LogP contribution in [0.4, 0.5) is 0 Å². The van der Waals surface area contributed by atoms with Gasteiger partial charge < -0.3 is 4.74 Å². The van der Waals surface area contributed by atoms with E-state index in [-0.39, 0.29) is 0 Å². The van der Waals surface area contributed by atoms with Gasteiger partial charge in [0.1, 0.15) is 17.8 Å². The fourth-order valence-corrected chi connectivity index (χ4v) is 2.89. The van der Waals surface area contributed by atoms with Gasteiger partial charge in [0.05, 0.1) is 6.07 Å². The van der Waals surface area contributed by atoms with Crippen LogP contribution in [0.5, 0.6) is 5.75 Å². The summed E-state index contributed by atoms with van der Waals surface area (Å²) in [5.41, 5.74) is 0.222.